The number of sulfone groups is 1. The molecular weight excluding hydrogens is 431 g/mol. The molecule has 1 N–H and O–H groups in total. The molecule has 1 atom stereocenters. The summed E-state index contributed by atoms with van der Waals surface area (Å²) in [5, 5.41) is 10.8. The first kappa shape index (κ1) is 16.7. The van der Waals surface area contributed by atoms with Crippen LogP contribution in [0, 0.1) is 0 Å². The Morgan fingerprint density at radius 2 is 1.94 bits per heavy atom. The predicted octanol–water partition coefficient (Wildman–Crippen LogP) is 3.91. The highest BCUT2D eigenvalue weighted by atomic mass is 79.9. The Labute approximate surface area is 133 Å². The molecule has 0 saturated carbocycles. The molecule has 0 radical (unpaired) electrons. The van der Waals surface area contributed by atoms with Crippen LogP contribution in [0.25, 0.3) is 0 Å². The average Bonchev–Trinajstić information content (AvgIpc) is 2.28. The monoisotopic (exact) mass is 438 g/mol. The van der Waals surface area contributed by atoms with E-state index in [1.54, 1.807) is 0 Å². The molecule has 0 aromatic heterocycles. The molecule has 0 spiro atoms. The molecule has 0 aliphatic rings. The summed E-state index contributed by atoms with van der Waals surface area (Å²) in [7, 11) is -3.58. The maximum absolute atomic E-state index is 11.9. The fraction of sp³-hybridized carbons (Fsp3) is 0.400. The van der Waals surface area contributed by atoms with E-state index in [-0.39, 0.29) is 16.3 Å². The molecule has 1 unspecified atom stereocenters. The van der Waals surface area contributed by atoms with Crippen LogP contribution in [0.3, 0.4) is 0 Å². The summed E-state index contributed by atoms with van der Waals surface area (Å²) >= 11 is 17.7. The van der Waals surface area contributed by atoms with Crippen molar-refractivity contribution >= 4 is 64.9 Å². The van der Waals surface area contributed by atoms with E-state index in [2.05, 4.69) is 31.9 Å². The quantitative estimate of drug-likeness (QED) is 0.722. The average molecular weight is 441 g/mol. The van der Waals surface area contributed by atoms with E-state index >= 15 is 0 Å². The molecule has 1 rings (SSSR count). The van der Waals surface area contributed by atoms with Gasteiger partial charge >= 0.3 is 0 Å². The van der Waals surface area contributed by atoms with Crippen molar-refractivity contribution in [2.24, 2.45) is 0 Å². The summed E-state index contributed by atoms with van der Waals surface area (Å²) < 4.78 is 22.1. The molecule has 0 aliphatic carbocycles. The molecule has 1 aromatic carbocycles. The normalized spacial score (nSPS) is 14.6. The number of alkyl halides is 2. The van der Waals surface area contributed by atoms with Crippen LogP contribution in [-0.2, 0) is 9.84 Å². The van der Waals surface area contributed by atoms with Crippen molar-refractivity contribution in [3.63, 3.8) is 0 Å². The molecular formula is C10H10Br2Cl2O3S. The topological polar surface area (TPSA) is 54.4 Å². The van der Waals surface area contributed by atoms with Gasteiger partial charge in [-0.2, -0.15) is 0 Å². The van der Waals surface area contributed by atoms with Gasteiger partial charge in [0.05, 0.1) is 0 Å². The van der Waals surface area contributed by atoms with Crippen LogP contribution in [0.15, 0.2) is 18.2 Å². The lowest BCUT2D eigenvalue weighted by molar-refractivity contribution is 0.189. The van der Waals surface area contributed by atoms with Crippen molar-refractivity contribution in [1.29, 1.82) is 0 Å². The van der Waals surface area contributed by atoms with E-state index in [9.17, 15) is 13.5 Å². The third kappa shape index (κ3) is 3.22. The zero-order valence-corrected chi connectivity index (χ0v) is 14.7. The minimum Gasteiger partial charge on any atom is -0.385 e. The van der Waals surface area contributed by atoms with Gasteiger partial charge in [-0.1, -0.05) is 68.1 Å². The Balaban J connectivity index is 3.26. The van der Waals surface area contributed by atoms with Gasteiger partial charge in [0.2, 0.25) is 2.57 Å². The first-order valence-corrected chi connectivity index (χ1v) is 8.86. The molecule has 0 aliphatic heterocycles. The molecule has 0 amide bonds. The van der Waals surface area contributed by atoms with Crippen molar-refractivity contribution in [1.82, 2.24) is 0 Å². The number of benzene rings is 1. The first-order valence-electron chi connectivity index (χ1n) is 4.86. The number of aliphatic hydroxyl groups excluding tert-OH is 1. The van der Waals surface area contributed by atoms with Crippen molar-refractivity contribution in [3.05, 3.63) is 33.8 Å². The highest BCUT2D eigenvalue weighted by Gasteiger charge is 2.45. The largest absolute Gasteiger partial charge is 0.385 e. The molecule has 0 saturated heterocycles. The number of halogens is 4. The summed E-state index contributed by atoms with van der Waals surface area (Å²) in [5.41, 5.74) is 0.270. The van der Waals surface area contributed by atoms with Crippen molar-refractivity contribution in [2.75, 3.05) is 5.75 Å². The molecule has 8 heteroatoms. The van der Waals surface area contributed by atoms with Crippen LogP contribution >= 0.6 is 55.1 Å². The van der Waals surface area contributed by atoms with Gasteiger partial charge in [0.15, 0.2) is 9.84 Å². The van der Waals surface area contributed by atoms with E-state index in [1.807, 2.05) is 0 Å². The van der Waals surface area contributed by atoms with Crippen LogP contribution in [0.1, 0.15) is 18.6 Å². The molecule has 0 fully saturated rings. The maximum Gasteiger partial charge on any atom is 0.210 e. The zero-order valence-electron chi connectivity index (χ0n) is 9.20. The van der Waals surface area contributed by atoms with Crippen molar-refractivity contribution in [2.45, 2.75) is 15.6 Å². The van der Waals surface area contributed by atoms with Crippen LogP contribution in [0.2, 0.25) is 10.0 Å². The van der Waals surface area contributed by atoms with E-state index in [0.717, 1.165) is 0 Å². The molecule has 3 nitrogen and oxygen atoms in total. The zero-order chi connectivity index (χ0) is 14.1. The Bertz CT molecular complexity index is 546. The smallest absolute Gasteiger partial charge is 0.210 e. The SMILES string of the molecule is CCS(=O)(=O)C(Br)(Br)C(O)c1ccc(Cl)cc1Cl. The predicted molar refractivity (Wildman–Crippen MR) is 81.5 cm³/mol. The third-order valence-corrected chi connectivity index (χ3v) is 8.57. The Kier molecular flexibility index (Phi) is 5.55. The summed E-state index contributed by atoms with van der Waals surface area (Å²) in [6, 6.07) is 4.45. The summed E-state index contributed by atoms with van der Waals surface area (Å²) in [6.45, 7) is 1.49. The number of rotatable bonds is 4. The molecule has 18 heavy (non-hydrogen) atoms. The van der Waals surface area contributed by atoms with E-state index < -0.39 is 18.5 Å². The fourth-order valence-corrected chi connectivity index (χ4v) is 4.50. The molecule has 1 aromatic rings. The van der Waals surface area contributed by atoms with Crippen LogP contribution in [0.5, 0.6) is 0 Å². The van der Waals surface area contributed by atoms with E-state index in [1.165, 1.54) is 25.1 Å². The summed E-state index contributed by atoms with van der Waals surface area (Å²) in [6.07, 6.45) is -1.37. The van der Waals surface area contributed by atoms with Crippen molar-refractivity contribution < 1.29 is 13.5 Å². The maximum atomic E-state index is 11.9. The second kappa shape index (κ2) is 5.97. The van der Waals surface area contributed by atoms with E-state index in [0.29, 0.717) is 5.02 Å². The van der Waals surface area contributed by atoms with Gasteiger partial charge in [-0.25, -0.2) is 8.42 Å². The van der Waals surface area contributed by atoms with Gasteiger partial charge in [0.1, 0.15) is 6.10 Å². The van der Waals surface area contributed by atoms with Gasteiger partial charge in [-0.3, -0.25) is 0 Å². The highest BCUT2D eigenvalue weighted by molar-refractivity contribution is 9.28. The molecule has 0 heterocycles. The van der Waals surface area contributed by atoms with E-state index in [4.69, 9.17) is 23.2 Å². The van der Waals surface area contributed by atoms with Crippen LogP contribution < -0.4 is 0 Å². The standard InChI is InChI=1S/C10H10Br2Cl2O3S/c1-2-18(16,17)10(11,12)9(15)7-4-3-6(13)5-8(7)14/h3-5,9,15H,2H2,1H3. The molecule has 102 valence electrons. The molecule has 0 bridgehead atoms. The van der Waals surface area contributed by atoms with Crippen LogP contribution in [0.4, 0.5) is 0 Å². The van der Waals surface area contributed by atoms with Crippen molar-refractivity contribution in [3.8, 4) is 0 Å². The summed E-state index contributed by atoms with van der Waals surface area (Å²) in [5.74, 6) is -0.133. The van der Waals surface area contributed by atoms with Gasteiger partial charge in [0.25, 0.3) is 0 Å². The highest BCUT2D eigenvalue weighted by Crippen LogP contribution is 2.46. The Morgan fingerprint density at radius 3 is 2.39 bits per heavy atom. The number of hydrogen-bond donors (Lipinski definition) is 1. The van der Waals surface area contributed by atoms with Crippen LogP contribution in [-0.4, -0.2) is 21.8 Å². The van der Waals surface area contributed by atoms with Gasteiger partial charge in [-0.05, 0) is 12.1 Å². The Morgan fingerprint density at radius 1 is 1.39 bits per heavy atom. The third-order valence-electron chi connectivity index (χ3n) is 2.37. The minimum atomic E-state index is -3.58. The fourth-order valence-electron chi connectivity index (χ4n) is 1.27. The second-order valence-corrected chi connectivity index (χ2v) is 11.4. The van der Waals surface area contributed by atoms with Gasteiger partial charge in [0, 0.05) is 21.4 Å². The Hall–Kier alpha value is 0.670. The van der Waals surface area contributed by atoms with Gasteiger partial charge in [-0.15, -0.1) is 0 Å². The second-order valence-electron chi connectivity index (χ2n) is 3.53. The lowest BCUT2D eigenvalue weighted by Crippen LogP contribution is -2.33. The lowest BCUT2D eigenvalue weighted by atomic mass is 10.1. The van der Waals surface area contributed by atoms with Gasteiger partial charge < -0.3 is 5.11 Å². The minimum absolute atomic E-state index is 0.133. The number of aliphatic hydroxyl groups is 1. The summed E-state index contributed by atoms with van der Waals surface area (Å²) in [4.78, 5) is 0. The first-order chi connectivity index (χ1) is 8.13. The lowest BCUT2D eigenvalue weighted by Gasteiger charge is -2.26. The number of hydrogen-bond acceptors (Lipinski definition) is 3.